The second kappa shape index (κ2) is 30.7. The van der Waals surface area contributed by atoms with Gasteiger partial charge < -0.3 is 131 Å². The van der Waals surface area contributed by atoms with Gasteiger partial charge in [-0.2, -0.15) is 0 Å². The Balaban J connectivity index is 0.000000293. The summed E-state index contributed by atoms with van der Waals surface area (Å²) in [4.78, 5) is 66.7. The zero-order valence-corrected chi connectivity index (χ0v) is 71.2. The zero-order chi connectivity index (χ0) is 68.7. The van der Waals surface area contributed by atoms with E-state index in [1.165, 1.54) is 61.8 Å². The maximum Gasteiger partial charge on any atom is 0.510 e. The molecular formula is C42H94O30Si18. The van der Waals surface area contributed by atoms with Crippen molar-refractivity contribution in [2.24, 2.45) is 0 Å². The number of aliphatic hydroxyl groups is 3. The summed E-state index contributed by atoms with van der Waals surface area (Å²) in [5.74, 6) is 0. The molecule has 6 heterocycles. The van der Waals surface area contributed by atoms with Gasteiger partial charge >= 0.3 is 157 Å². The average Bonchev–Trinajstić information content (AvgIpc) is 0.807. The van der Waals surface area contributed by atoms with Gasteiger partial charge in [-0.15, -0.1) is 59.2 Å². The standard InChI is InChI=1S/C20H38O10Si6.C12H30O10Si6.C10H26O10Si6/c1-8-14-31(7)24-33(22,16-10-3)28-36(19-13-6)27-32(20-21,15-9-2)26-34(23,17-11-4)29-35(25-31,30-36)18-12-5;1-8-10-27(15)18-24(5,12-13)19-28(11-9-2)20-25(6,14)16-23(3,4)17-26(7,21-27)22-28;1-8-25(13)16-22(5,10-11)17-26(9-2)18-23(6,12)14-21(3,4)15-24(7,19-25)20-26/h8-13,21-23H,1-6,14-20H2,7H3;8-9,13-15H,1-2,10-12H2,3-7H3;8-9,11-13H,1-2,10H2,3-7H3. The lowest BCUT2D eigenvalue weighted by Gasteiger charge is -2.53. The summed E-state index contributed by atoms with van der Waals surface area (Å²) in [5, 5.41) is 30.3. The molecule has 0 radical (unpaired) electrons. The van der Waals surface area contributed by atoms with Gasteiger partial charge in [0.15, 0.2) is 0 Å². The minimum atomic E-state index is -4.14. The first-order valence-corrected chi connectivity index (χ1v) is 67.9. The molecule has 6 bridgehead atoms. The van der Waals surface area contributed by atoms with E-state index in [4.69, 9.17) is 86.4 Å². The molecule has 0 spiro atoms. The van der Waals surface area contributed by atoms with Crippen LogP contribution in [-0.2, 0) is 86.4 Å². The zero-order valence-electron chi connectivity index (χ0n) is 53.2. The van der Waals surface area contributed by atoms with Gasteiger partial charge in [-0.25, -0.2) is 0 Å². The van der Waals surface area contributed by atoms with Crippen LogP contribution in [0.25, 0.3) is 0 Å². The Bertz CT molecular complexity index is 2620. The first-order valence-electron chi connectivity index (χ1n) is 28.2. The summed E-state index contributed by atoms with van der Waals surface area (Å²) in [6.07, 6.45) is 10.7. The normalized spacial score (nSPS) is 45.1. The molecule has 514 valence electrons. The van der Waals surface area contributed by atoms with E-state index in [0.29, 0.717) is 0 Å². The van der Waals surface area contributed by atoms with Crippen LogP contribution < -0.4 is 0 Å². The lowest BCUT2D eigenvalue weighted by Crippen LogP contribution is -2.78. The van der Waals surface area contributed by atoms with Gasteiger partial charge in [0.2, 0.25) is 0 Å². The van der Waals surface area contributed by atoms with Crippen LogP contribution in [0.4, 0.5) is 0 Å². The molecule has 90 heavy (non-hydrogen) atoms. The van der Waals surface area contributed by atoms with Crippen LogP contribution in [0.1, 0.15) is 0 Å². The molecule has 0 aliphatic carbocycles. The fourth-order valence-corrected chi connectivity index (χ4v) is 92.7. The summed E-state index contributed by atoms with van der Waals surface area (Å²) in [6, 6.07) is 0.542. The first-order chi connectivity index (χ1) is 41.1. The second-order valence-electron chi connectivity index (χ2n) is 23.0. The predicted octanol–water partition coefficient (Wildman–Crippen LogP) is 3.72. The molecule has 0 amide bonds. The molecule has 9 N–H and O–H groups in total. The Labute approximate surface area is 548 Å². The maximum atomic E-state index is 11.7. The van der Waals surface area contributed by atoms with E-state index in [2.05, 4.69) is 65.8 Å². The predicted molar refractivity (Wildman–Crippen MR) is 366 cm³/mol. The smallest absolute Gasteiger partial charge is 0.395 e. The number of fused-ring (bicyclic) bond motifs is 6. The fourth-order valence-electron chi connectivity index (χ4n) is 10.1. The minimum Gasteiger partial charge on any atom is -0.395 e. The topological polar surface area (TPSA) is 376 Å². The quantitative estimate of drug-likeness (QED) is 0.0584. The van der Waals surface area contributed by atoms with E-state index in [-0.39, 0.29) is 48.4 Å². The lowest BCUT2D eigenvalue weighted by molar-refractivity contribution is 0.0594. The number of rotatable bonds is 21. The third-order valence-corrected chi connectivity index (χ3v) is 82.4. The van der Waals surface area contributed by atoms with Crippen molar-refractivity contribution in [3.8, 4) is 0 Å². The monoisotopic (exact) mass is 1580 g/mol. The van der Waals surface area contributed by atoms with Crippen molar-refractivity contribution >= 4 is 157 Å². The molecule has 6 aliphatic heterocycles. The van der Waals surface area contributed by atoms with Crippen molar-refractivity contribution in [1.82, 2.24) is 0 Å². The molecule has 0 aromatic heterocycles. The van der Waals surface area contributed by atoms with Gasteiger partial charge in [0.05, 0.1) is 18.7 Å². The molecule has 6 saturated heterocycles. The summed E-state index contributed by atoms with van der Waals surface area (Å²) in [5.41, 5.74) is 2.46. The van der Waals surface area contributed by atoms with Crippen LogP contribution in [0, 0.1) is 0 Å². The third kappa shape index (κ3) is 22.3. The molecule has 0 aromatic carbocycles. The van der Waals surface area contributed by atoms with Crippen molar-refractivity contribution in [3.05, 3.63) is 126 Å². The number of hydrogen-bond donors (Lipinski definition) is 9. The van der Waals surface area contributed by atoms with Crippen LogP contribution in [0.15, 0.2) is 126 Å². The highest BCUT2D eigenvalue weighted by atomic mass is 28.6. The van der Waals surface area contributed by atoms with Crippen LogP contribution >= 0.6 is 0 Å². The van der Waals surface area contributed by atoms with Crippen molar-refractivity contribution < 1.29 is 131 Å². The SMILES string of the molecule is C=CC[Si]1(C)O[Si](O)(CC=C)O[Si]2(CC=C)O[Si](CO)(CC=C)O[Si](O)(CC=C)O[Si](CC=C)(O1)O2.C=CC[Si]1(O)O[Si](C)(CO)O[Si]2(CC=C)O[Si](C)(O)O[Si](C)(C)O[Si](C)(O1)O2.C=C[Si]1(O)O[Si](C)(CO)O[Si]2(C=C)O[Si](C)(O)O[Si](C)(C)O[Si](C)(O1)O2. The van der Waals surface area contributed by atoms with Gasteiger partial charge in [-0.1, -0.05) is 55.2 Å². The van der Waals surface area contributed by atoms with Gasteiger partial charge in [0, 0.05) is 74.5 Å². The summed E-state index contributed by atoms with van der Waals surface area (Å²) < 4.78 is 129. The lowest BCUT2D eigenvalue weighted by atomic mass is 10.8. The molecular weight excluding hydrogens is 1490 g/mol. The molecule has 16 unspecified atom stereocenters. The number of allylic oxidation sites excluding steroid dienone is 8. The molecule has 6 aliphatic rings. The van der Waals surface area contributed by atoms with Gasteiger partial charge in [0.25, 0.3) is 0 Å². The fraction of sp³-hybridized carbons (Fsp3) is 0.524. The molecule has 30 nitrogen and oxygen atoms in total. The molecule has 48 heteroatoms. The first kappa shape index (κ1) is 82.5. The van der Waals surface area contributed by atoms with Crippen LogP contribution in [0.3, 0.4) is 0 Å². The van der Waals surface area contributed by atoms with Gasteiger partial charge in [0.1, 0.15) is 0 Å². The van der Waals surface area contributed by atoms with Crippen LogP contribution in [0.2, 0.25) is 120 Å². The highest BCUT2D eigenvalue weighted by Gasteiger charge is 2.72. The Morgan fingerprint density at radius 1 is 0.278 bits per heavy atom. The summed E-state index contributed by atoms with van der Waals surface area (Å²) in [6.45, 7) is 55.0. The molecule has 0 saturated carbocycles. The van der Waals surface area contributed by atoms with Gasteiger partial charge in [-0.05, 0) is 57.2 Å². The number of aliphatic hydroxyl groups excluding tert-OH is 3. The summed E-state index contributed by atoms with van der Waals surface area (Å²) in [7, 11) is -66.2. The van der Waals surface area contributed by atoms with E-state index in [1.54, 1.807) is 64.5 Å². The summed E-state index contributed by atoms with van der Waals surface area (Å²) >= 11 is 0. The van der Waals surface area contributed by atoms with Gasteiger partial charge in [-0.3, -0.25) is 0 Å². The molecule has 16 atom stereocenters. The molecule has 0 aromatic rings. The molecule has 6 fully saturated rings. The molecule has 6 rings (SSSR count). The van der Waals surface area contributed by atoms with Crippen molar-refractivity contribution in [1.29, 1.82) is 0 Å². The Kier molecular flexibility index (Phi) is 28.1. The van der Waals surface area contributed by atoms with Crippen molar-refractivity contribution in [3.63, 3.8) is 0 Å². The largest absolute Gasteiger partial charge is 0.510 e. The third-order valence-electron chi connectivity index (χ3n) is 12.3. The average molecular weight is 1580 g/mol. The van der Waals surface area contributed by atoms with E-state index in [1.807, 2.05) is 0 Å². The Morgan fingerprint density at radius 2 is 0.667 bits per heavy atom. The van der Waals surface area contributed by atoms with E-state index < -0.39 is 176 Å². The Hall–Kier alpha value is 0.104. The second-order valence-corrected chi connectivity index (χ2v) is 77.3. The van der Waals surface area contributed by atoms with E-state index >= 15 is 0 Å². The van der Waals surface area contributed by atoms with Crippen LogP contribution in [-0.4, -0.2) is 220 Å². The van der Waals surface area contributed by atoms with Crippen molar-refractivity contribution in [2.75, 3.05) is 18.7 Å². The minimum absolute atomic E-state index is 0.00325. The van der Waals surface area contributed by atoms with E-state index in [0.717, 1.165) is 5.70 Å². The Morgan fingerprint density at radius 3 is 1.10 bits per heavy atom. The number of hydrogen-bond acceptors (Lipinski definition) is 30. The highest BCUT2D eigenvalue weighted by Crippen LogP contribution is 2.45. The maximum absolute atomic E-state index is 11.7. The van der Waals surface area contributed by atoms with E-state index in [9.17, 15) is 44.1 Å². The highest BCUT2D eigenvalue weighted by molar-refractivity contribution is 6.99. The van der Waals surface area contributed by atoms with Crippen LogP contribution in [0.5, 0.6) is 0 Å². The van der Waals surface area contributed by atoms with Crippen molar-refractivity contribution in [2.45, 2.75) is 120 Å².